The van der Waals surface area contributed by atoms with Crippen molar-refractivity contribution < 1.29 is 17.9 Å². The molecule has 0 aliphatic carbocycles. The van der Waals surface area contributed by atoms with Crippen LogP contribution in [0.4, 0.5) is 0 Å². The highest BCUT2D eigenvalue weighted by atomic mass is 32.2. The highest BCUT2D eigenvalue weighted by Gasteiger charge is 2.17. The van der Waals surface area contributed by atoms with Gasteiger partial charge in [-0.15, -0.1) is 0 Å². The van der Waals surface area contributed by atoms with Gasteiger partial charge in [-0.25, -0.2) is 8.42 Å². The molecule has 0 aromatic heterocycles. The number of ether oxygens (including phenoxy) is 2. The highest BCUT2D eigenvalue weighted by molar-refractivity contribution is 7.91. The summed E-state index contributed by atoms with van der Waals surface area (Å²) in [5.41, 5.74) is 1.05. The summed E-state index contributed by atoms with van der Waals surface area (Å²) in [6.45, 7) is 4.28. The van der Waals surface area contributed by atoms with Crippen LogP contribution in [-0.2, 0) is 16.4 Å². The Kier molecular flexibility index (Phi) is 5.81. The average molecular weight is 382 g/mol. The van der Waals surface area contributed by atoms with Gasteiger partial charge in [-0.1, -0.05) is 30.3 Å². The minimum Gasteiger partial charge on any atom is -0.491 e. The molecule has 0 radical (unpaired) electrons. The van der Waals surface area contributed by atoms with E-state index in [1.807, 2.05) is 44.2 Å². The van der Waals surface area contributed by atoms with Gasteiger partial charge in [0.05, 0.1) is 15.9 Å². The third-order valence-corrected chi connectivity index (χ3v) is 5.67. The van der Waals surface area contributed by atoms with Crippen LogP contribution in [0.5, 0.6) is 11.5 Å². The van der Waals surface area contributed by atoms with E-state index in [2.05, 4.69) is 0 Å². The Morgan fingerprint density at radius 3 is 1.78 bits per heavy atom. The van der Waals surface area contributed by atoms with Crippen LogP contribution in [0.1, 0.15) is 19.4 Å². The number of sulfone groups is 1. The molecule has 0 saturated carbocycles. The fraction of sp³-hybridized carbons (Fsp3) is 0.182. The molecule has 27 heavy (non-hydrogen) atoms. The monoisotopic (exact) mass is 382 g/mol. The van der Waals surface area contributed by atoms with Gasteiger partial charge in [-0.3, -0.25) is 0 Å². The van der Waals surface area contributed by atoms with Gasteiger partial charge < -0.3 is 9.47 Å². The molecule has 0 aliphatic heterocycles. The minimum absolute atomic E-state index is 0.0379. The zero-order valence-corrected chi connectivity index (χ0v) is 16.1. The van der Waals surface area contributed by atoms with Crippen molar-refractivity contribution in [2.45, 2.75) is 36.3 Å². The van der Waals surface area contributed by atoms with Crippen LogP contribution < -0.4 is 9.47 Å². The number of hydrogen-bond donors (Lipinski definition) is 0. The Morgan fingerprint density at radius 2 is 1.26 bits per heavy atom. The summed E-state index contributed by atoms with van der Waals surface area (Å²) in [5.74, 6) is 1.27. The molecule has 140 valence electrons. The molecule has 0 bridgehead atoms. The lowest BCUT2D eigenvalue weighted by Gasteiger charge is -2.11. The van der Waals surface area contributed by atoms with E-state index >= 15 is 0 Å². The summed E-state index contributed by atoms with van der Waals surface area (Å²) in [6.07, 6.45) is 0.0379. The highest BCUT2D eigenvalue weighted by Crippen LogP contribution is 2.25. The SMILES string of the molecule is CC(C)Oc1ccc(S(=O)(=O)c2ccc(OCc3ccccc3)cc2)cc1. The molecule has 0 heterocycles. The van der Waals surface area contributed by atoms with Crippen molar-refractivity contribution in [3.05, 3.63) is 84.4 Å². The summed E-state index contributed by atoms with van der Waals surface area (Å²) in [4.78, 5) is 0.462. The Labute approximate surface area is 160 Å². The molecule has 0 atom stereocenters. The Bertz CT molecular complexity index is 961. The second-order valence-corrected chi connectivity index (χ2v) is 8.34. The van der Waals surface area contributed by atoms with Crippen molar-refractivity contribution >= 4 is 9.84 Å². The molecule has 0 spiro atoms. The van der Waals surface area contributed by atoms with E-state index in [9.17, 15) is 8.42 Å². The largest absolute Gasteiger partial charge is 0.491 e. The molecule has 5 heteroatoms. The van der Waals surface area contributed by atoms with E-state index in [0.717, 1.165) is 5.56 Å². The maximum Gasteiger partial charge on any atom is 0.206 e. The number of benzene rings is 3. The van der Waals surface area contributed by atoms with Crippen LogP contribution >= 0.6 is 0 Å². The predicted molar refractivity (Wildman–Crippen MR) is 105 cm³/mol. The van der Waals surface area contributed by atoms with Gasteiger partial charge in [-0.2, -0.15) is 0 Å². The summed E-state index contributed by atoms with van der Waals surface area (Å²) < 4.78 is 36.8. The topological polar surface area (TPSA) is 52.6 Å². The molecule has 4 nitrogen and oxygen atoms in total. The molecular formula is C22H22O4S. The summed E-state index contributed by atoms with van der Waals surface area (Å²) in [7, 11) is -3.58. The molecule has 0 amide bonds. The van der Waals surface area contributed by atoms with E-state index in [-0.39, 0.29) is 15.9 Å². The summed E-state index contributed by atoms with van der Waals surface area (Å²) in [6, 6.07) is 22.7. The van der Waals surface area contributed by atoms with Crippen molar-refractivity contribution in [2.24, 2.45) is 0 Å². The van der Waals surface area contributed by atoms with Crippen LogP contribution in [-0.4, -0.2) is 14.5 Å². The van der Waals surface area contributed by atoms with Crippen LogP contribution in [0.2, 0.25) is 0 Å². The smallest absolute Gasteiger partial charge is 0.206 e. The second-order valence-electron chi connectivity index (χ2n) is 6.39. The standard InChI is InChI=1S/C22H22O4S/c1-17(2)26-20-10-14-22(15-11-20)27(23,24)21-12-8-19(9-13-21)25-16-18-6-4-3-5-7-18/h3-15,17H,16H2,1-2H3. The lowest BCUT2D eigenvalue weighted by atomic mass is 10.2. The molecule has 3 aromatic carbocycles. The first-order valence-electron chi connectivity index (χ1n) is 8.74. The van der Waals surface area contributed by atoms with Gasteiger partial charge in [-0.05, 0) is 67.9 Å². The maximum atomic E-state index is 12.8. The summed E-state index contributed by atoms with van der Waals surface area (Å²) >= 11 is 0. The number of rotatable bonds is 7. The normalized spacial score (nSPS) is 11.4. The fourth-order valence-electron chi connectivity index (χ4n) is 2.56. The van der Waals surface area contributed by atoms with Crippen LogP contribution in [0.3, 0.4) is 0 Å². The summed E-state index contributed by atoms with van der Waals surface area (Å²) in [5, 5.41) is 0. The van der Waals surface area contributed by atoms with Crippen LogP contribution in [0.15, 0.2) is 88.7 Å². The van der Waals surface area contributed by atoms with E-state index in [0.29, 0.717) is 18.1 Å². The van der Waals surface area contributed by atoms with E-state index in [4.69, 9.17) is 9.47 Å². The molecule has 0 fully saturated rings. The Hall–Kier alpha value is -2.79. The molecule has 0 N–H and O–H groups in total. The molecule has 3 rings (SSSR count). The van der Waals surface area contributed by atoms with Crippen LogP contribution in [0.25, 0.3) is 0 Å². The van der Waals surface area contributed by atoms with E-state index in [1.165, 1.54) is 0 Å². The third-order valence-electron chi connectivity index (χ3n) is 3.89. The van der Waals surface area contributed by atoms with Gasteiger partial charge in [0.25, 0.3) is 0 Å². The minimum atomic E-state index is -3.58. The predicted octanol–water partition coefficient (Wildman–Crippen LogP) is 4.89. The molecule has 3 aromatic rings. The second kappa shape index (κ2) is 8.27. The van der Waals surface area contributed by atoms with Crippen molar-refractivity contribution in [1.29, 1.82) is 0 Å². The molecule has 0 aliphatic rings. The van der Waals surface area contributed by atoms with Crippen molar-refractivity contribution in [2.75, 3.05) is 0 Å². The quantitative estimate of drug-likeness (QED) is 0.584. The lowest BCUT2D eigenvalue weighted by molar-refractivity contribution is 0.242. The van der Waals surface area contributed by atoms with E-state index < -0.39 is 9.84 Å². The molecule has 0 unspecified atom stereocenters. The number of hydrogen-bond acceptors (Lipinski definition) is 4. The Morgan fingerprint density at radius 1 is 0.741 bits per heavy atom. The first-order valence-corrected chi connectivity index (χ1v) is 10.2. The first-order chi connectivity index (χ1) is 12.9. The lowest BCUT2D eigenvalue weighted by Crippen LogP contribution is -2.06. The fourth-order valence-corrected chi connectivity index (χ4v) is 3.82. The maximum absolute atomic E-state index is 12.8. The Balaban J connectivity index is 1.71. The van der Waals surface area contributed by atoms with Gasteiger partial charge in [0.15, 0.2) is 0 Å². The van der Waals surface area contributed by atoms with Gasteiger partial charge in [0.1, 0.15) is 18.1 Å². The first kappa shape index (κ1) is 19.0. The van der Waals surface area contributed by atoms with Crippen molar-refractivity contribution in [3.8, 4) is 11.5 Å². The van der Waals surface area contributed by atoms with Gasteiger partial charge in [0, 0.05) is 0 Å². The van der Waals surface area contributed by atoms with Gasteiger partial charge >= 0.3 is 0 Å². The van der Waals surface area contributed by atoms with Gasteiger partial charge in [0.2, 0.25) is 9.84 Å². The third kappa shape index (κ3) is 4.89. The van der Waals surface area contributed by atoms with E-state index in [1.54, 1.807) is 48.5 Å². The molecule has 0 saturated heterocycles. The van der Waals surface area contributed by atoms with Crippen molar-refractivity contribution in [1.82, 2.24) is 0 Å². The zero-order chi connectivity index (χ0) is 19.3. The van der Waals surface area contributed by atoms with Crippen molar-refractivity contribution in [3.63, 3.8) is 0 Å². The molecular weight excluding hydrogens is 360 g/mol. The van der Waals surface area contributed by atoms with Crippen LogP contribution in [0, 0.1) is 0 Å². The zero-order valence-electron chi connectivity index (χ0n) is 15.3. The average Bonchev–Trinajstić information content (AvgIpc) is 2.67.